The second kappa shape index (κ2) is 5.83. The van der Waals surface area contributed by atoms with E-state index in [-0.39, 0.29) is 5.91 Å². The first-order chi connectivity index (χ1) is 10.6. The van der Waals surface area contributed by atoms with Crippen LogP contribution in [0.5, 0.6) is 0 Å². The fourth-order valence-electron chi connectivity index (χ4n) is 3.06. The van der Waals surface area contributed by atoms with Crippen molar-refractivity contribution >= 4 is 28.5 Å². The lowest BCUT2D eigenvalue weighted by molar-refractivity contribution is -0.151. The Balaban J connectivity index is 1.74. The van der Waals surface area contributed by atoms with Crippen molar-refractivity contribution in [2.75, 3.05) is 5.32 Å². The summed E-state index contributed by atoms with van der Waals surface area (Å²) in [6, 6.07) is 7.84. The fraction of sp³-hybridized carbons (Fsp3) is 0.412. The molecule has 0 bridgehead atoms. The van der Waals surface area contributed by atoms with E-state index in [1.165, 1.54) is 0 Å². The third-order valence-corrected chi connectivity index (χ3v) is 4.43. The van der Waals surface area contributed by atoms with Crippen molar-refractivity contribution in [3.05, 3.63) is 30.5 Å². The maximum absolute atomic E-state index is 12.2. The Bertz CT molecular complexity index is 720. The smallest absolute Gasteiger partial charge is 0.307 e. The van der Waals surface area contributed by atoms with Gasteiger partial charge in [-0.3, -0.25) is 9.59 Å². The highest BCUT2D eigenvalue weighted by molar-refractivity contribution is 5.97. The molecule has 5 heteroatoms. The number of anilines is 1. The number of benzene rings is 1. The van der Waals surface area contributed by atoms with Crippen LogP contribution in [0.4, 0.5) is 5.69 Å². The molecule has 0 saturated heterocycles. The predicted molar refractivity (Wildman–Crippen MR) is 84.7 cm³/mol. The Morgan fingerprint density at radius 1 is 1.27 bits per heavy atom. The number of carbonyl (C=O) groups is 2. The topological polar surface area (TPSA) is 71.3 Å². The van der Waals surface area contributed by atoms with Crippen LogP contribution in [0.1, 0.15) is 26.2 Å². The molecule has 3 rings (SSSR count). The molecule has 1 amide bonds. The largest absolute Gasteiger partial charge is 0.481 e. The normalized spacial score (nSPS) is 20.6. The quantitative estimate of drug-likeness (QED) is 0.891. The number of carbonyl (C=O) groups excluding carboxylic acids is 1. The molecule has 2 aromatic rings. The summed E-state index contributed by atoms with van der Waals surface area (Å²) in [6.07, 6.45) is 4.36. The molecule has 1 heterocycles. The van der Waals surface area contributed by atoms with Gasteiger partial charge in [-0.1, -0.05) is 6.92 Å². The van der Waals surface area contributed by atoms with Crippen LogP contribution >= 0.6 is 0 Å². The number of carboxylic acid groups (broad SMARTS) is 1. The minimum absolute atomic E-state index is 0.189. The van der Waals surface area contributed by atoms with E-state index in [1.54, 1.807) is 0 Å². The lowest BCUT2D eigenvalue weighted by Crippen LogP contribution is -2.41. The van der Waals surface area contributed by atoms with Gasteiger partial charge in [0.05, 0.1) is 11.8 Å². The predicted octanol–water partition coefficient (Wildman–Crippen LogP) is 3.10. The van der Waals surface area contributed by atoms with Crippen LogP contribution in [-0.2, 0) is 16.1 Å². The number of rotatable bonds is 5. The van der Waals surface area contributed by atoms with Gasteiger partial charge in [-0.25, -0.2) is 0 Å². The lowest BCUT2D eigenvalue weighted by atomic mass is 9.73. The number of nitrogens with one attached hydrogen (secondary N) is 1. The summed E-state index contributed by atoms with van der Waals surface area (Å²) in [7, 11) is 0. The van der Waals surface area contributed by atoms with E-state index >= 15 is 0 Å². The molecule has 0 radical (unpaired) electrons. The third-order valence-electron chi connectivity index (χ3n) is 4.43. The van der Waals surface area contributed by atoms with E-state index in [2.05, 4.69) is 16.8 Å². The maximum atomic E-state index is 12.2. The van der Waals surface area contributed by atoms with Gasteiger partial charge in [0, 0.05) is 29.3 Å². The first-order valence-electron chi connectivity index (χ1n) is 7.72. The molecule has 0 aliphatic heterocycles. The van der Waals surface area contributed by atoms with E-state index in [1.807, 2.05) is 30.5 Å². The molecule has 2 N–H and O–H groups in total. The average Bonchev–Trinajstić information content (AvgIpc) is 2.79. The minimum Gasteiger partial charge on any atom is -0.481 e. The number of aryl methyl sites for hydroxylation is 1. The Hall–Kier alpha value is -2.30. The molecular weight excluding hydrogens is 280 g/mol. The van der Waals surface area contributed by atoms with Gasteiger partial charge in [-0.2, -0.15) is 0 Å². The summed E-state index contributed by atoms with van der Waals surface area (Å²) in [6.45, 7) is 3.11. The van der Waals surface area contributed by atoms with E-state index in [0.29, 0.717) is 12.8 Å². The van der Waals surface area contributed by atoms with Gasteiger partial charge in [0.2, 0.25) is 5.91 Å². The zero-order valence-corrected chi connectivity index (χ0v) is 12.6. The zero-order valence-electron chi connectivity index (χ0n) is 12.6. The molecular formula is C17H20N2O3. The second-order valence-electron chi connectivity index (χ2n) is 5.90. The number of amides is 1. The highest BCUT2D eigenvalue weighted by atomic mass is 16.4. The van der Waals surface area contributed by atoms with Crippen molar-refractivity contribution in [1.29, 1.82) is 0 Å². The summed E-state index contributed by atoms with van der Waals surface area (Å²) in [5.41, 5.74) is 1.87. The van der Waals surface area contributed by atoms with Crippen molar-refractivity contribution in [2.45, 2.75) is 32.7 Å². The maximum Gasteiger partial charge on any atom is 0.307 e. The number of hydrogen-bond acceptors (Lipinski definition) is 2. The van der Waals surface area contributed by atoms with E-state index in [0.717, 1.165) is 29.6 Å². The van der Waals surface area contributed by atoms with Crippen LogP contribution in [0.2, 0.25) is 0 Å². The molecule has 1 saturated carbocycles. The highest BCUT2D eigenvalue weighted by Crippen LogP contribution is 2.35. The van der Waals surface area contributed by atoms with Crippen molar-refractivity contribution in [3.8, 4) is 0 Å². The van der Waals surface area contributed by atoms with Crippen molar-refractivity contribution in [2.24, 2.45) is 11.8 Å². The summed E-state index contributed by atoms with van der Waals surface area (Å²) >= 11 is 0. The summed E-state index contributed by atoms with van der Waals surface area (Å²) in [4.78, 5) is 23.2. The van der Waals surface area contributed by atoms with Crippen LogP contribution < -0.4 is 5.32 Å². The van der Waals surface area contributed by atoms with E-state index in [9.17, 15) is 9.59 Å². The Morgan fingerprint density at radius 2 is 2.05 bits per heavy atom. The molecule has 1 fully saturated rings. The average molecular weight is 300 g/mol. The van der Waals surface area contributed by atoms with Gasteiger partial charge in [0.15, 0.2) is 0 Å². The molecule has 1 aliphatic rings. The molecule has 1 aromatic heterocycles. The first kappa shape index (κ1) is 14.6. The van der Waals surface area contributed by atoms with Crippen molar-refractivity contribution < 1.29 is 14.7 Å². The standard InChI is InChI=1S/C17H20N2O3/c1-2-8-19-9-7-11-10-12(3-6-15(11)19)18-16(20)13-4-5-14(13)17(21)22/h3,6-7,9-10,13-14H,2,4-5,8H2,1H3,(H,18,20)(H,21,22). The van der Waals surface area contributed by atoms with Crippen LogP contribution in [0.15, 0.2) is 30.5 Å². The Labute approximate surface area is 128 Å². The Morgan fingerprint density at radius 3 is 2.68 bits per heavy atom. The molecule has 116 valence electrons. The molecule has 2 atom stereocenters. The van der Waals surface area contributed by atoms with Crippen molar-refractivity contribution in [1.82, 2.24) is 4.57 Å². The zero-order chi connectivity index (χ0) is 15.7. The molecule has 22 heavy (non-hydrogen) atoms. The van der Waals surface area contributed by atoms with E-state index in [4.69, 9.17) is 5.11 Å². The molecule has 1 aliphatic carbocycles. The molecule has 1 aromatic carbocycles. The van der Waals surface area contributed by atoms with Gasteiger partial charge in [0.25, 0.3) is 0 Å². The Kier molecular flexibility index (Phi) is 3.88. The third kappa shape index (κ3) is 2.58. The number of nitrogens with zero attached hydrogens (tertiary/aromatic N) is 1. The monoisotopic (exact) mass is 300 g/mol. The number of hydrogen-bond donors (Lipinski definition) is 2. The van der Waals surface area contributed by atoms with Crippen LogP contribution in [0.25, 0.3) is 10.9 Å². The fourth-order valence-corrected chi connectivity index (χ4v) is 3.06. The number of aromatic nitrogens is 1. The second-order valence-corrected chi connectivity index (χ2v) is 5.90. The summed E-state index contributed by atoms with van der Waals surface area (Å²) in [5.74, 6) is -2.00. The van der Waals surface area contributed by atoms with Gasteiger partial charge in [-0.15, -0.1) is 0 Å². The summed E-state index contributed by atoms with van der Waals surface area (Å²) in [5, 5.41) is 13.0. The molecule has 5 nitrogen and oxygen atoms in total. The molecule has 0 spiro atoms. The van der Waals surface area contributed by atoms with Crippen LogP contribution in [0, 0.1) is 11.8 Å². The highest BCUT2D eigenvalue weighted by Gasteiger charge is 2.41. The first-order valence-corrected chi connectivity index (χ1v) is 7.72. The van der Waals surface area contributed by atoms with Crippen LogP contribution in [-0.4, -0.2) is 21.6 Å². The van der Waals surface area contributed by atoms with Gasteiger partial charge in [0.1, 0.15) is 0 Å². The minimum atomic E-state index is -0.876. The molecule has 2 unspecified atom stereocenters. The summed E-state index contributed by atoms with van der Waals surface area (Å²) < 4.78 is 2.19. The lowest BCUT2D eigenvalue weighted by Gasteiger charge is -2.31. The number of carboxylic acids is 1. The van der Waals surface area contributed by atoms with Crippen molar-refractivity contribution in [3.63, 3.8) is 0 Å². The SMILES string of the molecule is CCCn1ccc2cc(NC(=O)C3CCC3C(=O)O)ccc21. The van der Waals surface area contributed by atoms with Gasteiger partial charge < -0.3 is 15.0 Å². The van der Waals surface area contributed by atoms with Gasteiger partial charge >= 0.3 is 5.97 Å². The number of fused-ring (bicyclic) bond motifs is 1. The number of aliphatic carboxylic acids is 1. The van der Waals surface area contributed by atoms with Gasteiger partial charge in [-0.05, 0) is 43.5 Å². The van der Waals surface area contributed by atoms with E-state index < -0.39 is 17.8 Å². The van der Waals surface area contributed by atoms with Crippen LogP contribution in [0.3, 0.4) is 0 Å².